The van der Waals surface area contributed by atoms with E-state index in [1.165, 1.54) is 11.1 Å². The van der Waals surface area contributed by atoms with Gasteiger partial charge in [-0.05, 0) is 24.1 Å². The van der Waals surface area contributed by atoms with Crippen molar-refractivity contribution in [2.45, 2.75) is 26.8 Å². The highest BCUT2D eigenvalue weighted by Crippen LogP contribution is 2.04. The molecular weight excluding hydrogens is 182 g/mol. The van der Waals surface area contributed by atoms with Gasteiger partial charge < -0.3 is 5.32 Å². The summed E-state index contributed by atoms with van der Waals surface area (Å²) in [6.45, 7) is 6.33. The van der Waals surface area contributed by atoms with E-state index in [1.807, 2.05) is 0 Å². The molecule has 74 valence electrons. The van der Waals surface area contributed by atoms with E-state index in [-0.39, 0.29) is 12.4 Å². The lowest BCUT2D eigenvalue weighted by molar-refractivity contribution is 0.726. The average molecular weight is 200 g/mol. The smallest absolute Gasteiger partial charge is 0.0205 e. The van der Waals surface area contributed by atoms with Gasteiger partial charge in [-0.25, -0.2) is 0 Å². The van der Waals surface area contributed by atoms with Gasteiger partial charge in [-0.2, -0.15) is 0 Å². The second-order valence-corrected chi connectivity index (χ2v) is 2.95. The molecule has 0 bridgehead atoms. The minimum Gasteiger partial charge on any atom is -0.313 e. The van der Waals surface area contributed by atoms with Crippen LogP contribution in [0.25, 0.3) is 0 Å². The van der Waals surface area contributed by atoms with E-state index in [9.17, 15) is 0 Å². The first-order valence-corrected chi connectivity index (χ1v) is 4.65. The summed E-state index contributed by atoms with van der Waals surface area (Å²) in [4.78, 5) is 0. The van der Waals surface area contributed by atoms with Crippen LogP contribution in [0.3, 0.4) is 0 Å². The molecule has 0 atom stereocenters. The molecule has 1 N–H and O–H groups in total. The van der Waals surface area contributed by atoms with Crippen molar-refractivity contribution in [2.75, 3.05) is 6.54 Å². The Morgan fingerprint density at radius 2 is 1.54 bits per heavy atom. The monoisotopic (exact) mass is 199 g/mol. The molecule has 0 amide bonds. The number of rotatable bonds is 4. The Morgan fingerprint density at radius 1 is 1.00 bits per heavy atom. The van der Waals surface area contributed by atoms with Crippen molar-refractivity contribution in [3.8, 4) is 0 Å². The lowest BCUT2D eigenvalue weighted by Crippen LogP contribution is -2.11. The van der Waals surface area contributed by atoms with Crippen LogP contribution in [-0.4, -0.2) is 6.54 Å². The molecule has 0 saturated heterocycles. The van der Waals surface area contributed by atoms with E-state index in [1.54, 1.807) is 0 Å². The highest BCUT2D eigenvalue weighted by Gasteiger charge is 1.91. The van der Waals surface area contributed by atoms with Gasteiger partial charge in [-0.3, -0.25) is 0 Å². The molecule has 1 aromatic carbocycles. The summed E-state index contributed by atoms with van der Waals surface area (Å²) in [5.74, 6) is 0. The fourth-order valence-electron chi connectivity index (χ4n) is 1.16. The summed E-state index contributed by atoms with van der Waals surface area (Å²) >= 11 is 0. The minimum absolute atomic E-state index is 0. The zero-order valence-electron chi connectivity index (χ0n) is 8.34. The quantitative estimate of drug-likeness (QED) is 0.787. The van der Waals surface area contributed by atoms with E-state index in [4.69, 9.17) is 0 Å². The summed E-state index contributed by atoms with van der Waals surface area (Å²) in [6.07, 6.45) is 1.13. The Kier molecular flexibility index (Phi) is 6.65. The molecule has 0 spiro atoms. The van der Waals surface area contributed by atoms with Crippen molar-refractivity contribution < 1.29 is 0 Å². The van der Waals surface area contributed by atoms with Crippen molar-refractivity contribution in [2.24, 2.45) is 0 Å². The van der Waals surface area contributed by atoms with Crippen molar-refractivity contribution in [1.29, 1.82) is 0 Å². The fourth-order valence-corrected chi connectivity index (χ4v) is 1.16. The lowest BCUT2D eigenvalue weighted by Gasteiger charge is -2.02. The fraction of sp³-hybridized carbons (Fsp3) is 0.455. The maximum absolute atomic E-state index is 3.30. The van der Waals surface area contributed by atoms with E-state index in [2.05, 4.69) is 43.4 Å². The standard InChI is InChI=1S/C11H17N.ClH/c1-3-10-5-7-11(8-6-10)9-12-4-2;/h5-8,12H,3-4,9H2,1-2H3;1H. The largest absolute Gasteiger partial charge is 0.313 e. The van der Waals surface area contributed by atoms with Gasteiger partial charge in [0.1, 0.15) is 0 Å². The Balaban J connectivity index is 0.00000144. The Bertz CT molecular complexity index is 218. The summed E-state index contributed by atoms with van der Waals surface area (Å²) in [6, 6.07) is 8.79. The van der Waals surface area contributed by atoms with Gasteiger partial charge in [0.05, 0.1) is 0 Å². The molecule has 0 saturated carbocycles. The Labute approximate surface area is 87.0 Å². The second-order valence-electron chi connectivity index (χ2n) is 2.95. The molecule has 2 heteroatoms. The van der Waals surface area contributed by atoms with Crippen LogP contribution in [0.5, 0.6) is 0 Å². The van der Waals surface area contributed by atoms with Crippen LogP contribution in [0.4, 0.5) is 0 Å². The van der Waals surface area contributed by atoms with Crippen molar-refractivity contribution >= 4 is 12.4 Å². The van der Waals surface area contributed by atoms with Crippen LogP contribution in [0.2, 0.25) is 0 Å². The molecule has 0 aliphatic heterocycles. The first-order valence-electron chi connectivity index (χ1n) is 4.65. The second kappa shape index (κ2) is 6.93. The van der Waals surface area contributed by atoms with Gasteiger partial charge in [0.2, 0.25) is 0 Å². The number of hydrogen-bond donors (Lipinski definition) is 1. The van der Waals surface area contributed by atoms with Crippen molar-refractivity contribution in [3.63, 3.8) is 0 Å². The topological polar surface area (TPSA) is 12.0 Å². The normalized spacial score (nSPS) is 9.38. The van der Waals surface area contributed by atoms with Gasteiger partial charge in [0, 0.05) is 6.54 Å². The van der Waals surface area contributed by atoms with Crippen LogP contribution in [0.1, 0.15) is 25.0 Å². The average Bonchev–Trinajstić information content (AvgIpc) is 2.15. The molecule has 0 unspecified atom stereocenters. The summed E-state index contributed by atoms with van der Waals surface area (Å²) < 4.78 is 0. The summed E-state index contributed by atoms with van der Waals surface area (Å²) in [5, 5.41) is 3.30. The summed E-state index contributed by atoms with van der Waals surface area (Å²) in [7, 11) is 0. The molecule has 0 fully saturated rings. The number of hydrogen-bond acceptors (Lipinski definition) is 1. The molecule has 0 aromatic heterocycles. The third kappa shape index (κ3) is 4.30. The van der Waals surface area contributed by atoms with Gasteiger partial charge in [-0.15, -0.1) is 12.4 Å². The SMILES string of the molecule is CCNCc1ccc(CC)cc1.Cl. The molecule has 1 rings (SSSR count). The molecular formula is C11H18ClN. The molecule has 0 heterocycles. The lowest BCUT2D eigenvalue weighted by atomic mass is 10.1. The van der Waals surface area contributed by atoms with Gasteiger partial charge >= 0.3 is 0 Å². The third-order valence-corrected chi connectivity index (χ3v) is 2.01. The number of aryl methyl sites for hydroxylation is 1. The van der Waals surface area contributed by atoms with Crippen molar-refractivity contribution in [3.05, 3.63) is 35.4 Å². The van der Waals surface area contributed by atoms with Crippen molar-refractivity contribution in [1.82, 2.24) is 5.32 Å². The molecule has 0 aliphatic carbocycles. The highest BCUT2D eigenvalue weighted by atomic mass is 35.5. The molecule has 0 radical (unpaired) electrons. The van der Waals surface area contributed by atoms with Gasteiger partial charge in [-0.1, -0.05) is 38.1 Å². The van der Waals surface area contributed by atoms with E-state index in [0.717, 1.165) is 19.5 Å². The van der Waals surface area contributed by atoms with Crippen LogP contribution in [-0.2, 0) is 13.0 Å². The predicted molar refractivity (Wildman–Crippen MR) is 60.4 cm³/mol. The molecule has 0 aliphatic rings. The molecule has 1 nitrogen and oxygen atoms in total. The Morgan fingerprint density at radius 3 is 2.00 bits per heavy atom. The molecule has 1 aromatic rings. The maximum atomic E-state index is 3.30. The van der Waals surface area contributed by atoms with E-state index in [0.29, 0.717) is 0 Å². The summed E-state index contributed by atoms with van der Waals surface area (Å²) in [5.41, 5.74) is 2.78. The first-order chi connectivity index (χ1) is 5.86. The number of nitrogens with one attached hydrogen (secondary N) is 1. The van der Waals surface area contributed by atoms with Gasteiger partial charge in [0.15, 0.2) is 0 Å². The third-order valence-electron chi connectivity index (χ3n) is 2.01. The minimum atomic E-state index is 0. The Hall–Kier alpha value is -0.530. The predicted octanol–water partition coefficient (Wildman–Crippen LogP) is 2.78. The van der Waals surface area contributed by atoms with E-state index >= 15 is 0 Å². The zero-order chi connectivity index (χ0) is 8.81. The van der Waals surface area contributed by atoms with Crippen LogP contribution in [0, 0.1) is 0 Å². The van der Waals surface area contributed by atoms with Crippen LogP contribution < -0.4 is 5.32 Å². The first kappa shape index (κ1) is 12.5. The number of benzene rings is 1. The molecule has 13 heavy (non-hydrogen) atoms. The van der Waals surface area contributed by atoms with Crippen LogP contribution in [0.15, 0.2) is 24.3 Å². The zero-order valence-corrected chi connectivity index (χ0v) is 9.16. The highest BCUT2D eigenvalue weighted by molar-refractivity contribution is 5.85. The number of halogens is 1. The maximum Gasteiger partial charge on any atom is 0.0205 e. The van der Waals surface area contributed by atoms with Crippen LogP contribution >= 0.6 is 12.4 Å². The van der Waals surface area contributed by atoms with E-state index < -0.39 is 0 Å². The van der Waals surface area contributed by atoms with Gasteiger partial charge in [0.25, 0.3) is 0 Å².